The molecule has 0 saturated carbocycles. The molecule has 1 amide bonds. The Morgan fingerprint density at radius 2 is 2.11 bits per heavy atom. The highest BCUT2D eigenvalue weighted by Crippen LogP contribution is 2.20. The maximum absolute atomic E-state index is 11.6. The molecule has 92 valence electrons. The number of nitrogens with zero attached hydrogens (tertiary/aromatic N) is 1. The summed E-state index contributed by atoms with van der Waals surface area (Å²) >= 11 is 7.27. The van der Waals surface area contributed by atoms with Crippen molar-refractivity contribution in [1.29, 1.82) is 0 Å². The van der Waals surface area contributed by atoms with Gasteiger partial charge in [-0.05, 0) is 35.9 Å². The summed E-state index contributed by atoms with van der Waals surface area (Å²) < 4.78 is 0.728. The van der Waals surface area contributed by atoms with Crippen LogP contribution in [-0.2, 0) is 11.3 Å². The molecule has 2 rings (SSSR count). The van der Waals surface area contributed by atoms with E-state index in [9.17, 15) is 4.79 Å². The number of nitrogens with one attached hydrogen (secondary N) is 1. The summed E-state index contributed by atoms with van der Waals surface area (Å²) in [6, 6.07) is 7.39. The van der Waals surface area contributed by atoms with E-state index in [4.69, 9.17) is 11.6 Å². The number of hydrogen-bond acceptors (Lipinski definition) is 3. The van der Waals surface area contributed by atoms with Crippen LogP contribution in [0.2, 0.25) is 4.34 Å². The first kappa shape index (κ1) is 12.8. The number of carbonyl (C=O) groups excluding carboxylic acids is 1. The quantitative estimate of drug-likeness (QED) is 0.873. The zero-order valence-corrected chi connectivity index (χ0v) is 11.0. The van der Waals surface area contributed by atoms with Crippen LogP contribution in [0, 0.1) is 0 Å². The van der Waals surface area contributed by atoms with E-state index in [2.05, 4.69) is 10.3 Å². The van der Waals surface area contributed by atoms with Gasteiger partial charge in [0.1, 0.15) is 0 Å². The molecule has 0 aromatic carbocycles. The molecule has 1 N–H and O–H groups in total. The Morgan fingerprint density at radius 1 is 1.33 bits per heavy atom. The predicted octanol–water partition coefficient (Wildman–Crippen LogP) is 3.13. The van der Waals surface area contributed by atoms with E-state index >= 15 is 0 Å². The van der Waals surface area contributed by atoms with E-state index in [-0.39, 0.29) is 5.91 Å². The fourth-order valence-electron chi connectivity index (χ4n) is 1.33. The van der Waals surface area contributed by atoms with Crippen molar-refractivity contribution in [3.8, 4) is 0 Å². The van der Waals surface area contributed by atoms with Crippen molar-refractivity contribution in [2.75, 3.05) is 0 Å². The van der Waals surface area contributed by atoms with Crippen molar-refractivity contribution in [3.63, 3.8) is 0 Å². The second kappa shape index (κ2) is 6.33. The number of halogens is 1. The average Bonchev–Trinajstić information content (AvgIpc) is 2.81. The highest BCUT2D eigenvalue weighted by molar-refractivity contribution is 7.16. The van der Waals surface area contributed by atoms with Crippen LogP contribution in [0.5, 0.6) is 0 Å². The van der Waals surface area contributed by atoms with Gasteiger partial charge in [-0.1, -0.05) is 11.6 Å². The van der Waals surface area contributed by atoms with E-state index in [0.29, 0.717) is 6.54 Å². The third-order valence-corrected chi connectivity index (χ3v) is 3.43. The minimum absolute atomic E-state index is 0.128. The van der Waals surface area contributed by atoms with Crippen molar-refractivity contribution < 1.29 is 4.79 Å². The lowest BCUT2D eigenvalue weighted by molar-refractivity contribution is -0.116. The molecule has 3 nitrogen and oxygen atoms in total. The number of carbonyl (C=O) groups is 1. The van der Waals surface area contributed by atoms with Gasteiger partial charge >= 0.3 is 0 Å². The Hall–Kier alpha value is -1.65. The van der Waals surface area contributed by atoms with Crippen LogP contribution in [0.3, 0.4) is 0 Å². The summed E-state index contributed by atoms with van der Waals surface area (Å²) in [7, 11) is 0. The number of pyridine rings is 1. The van der Waals surface area contributed by atoms with Crippen LogP contribution in [-0.4, -0.2) is 10.9 Å². The van der Waals surface area contributed by atoms with Crippen molar-refractivity contribution in [2.24, 2.45) is 0 Å². The van der Waals surface area contributed by atoms with Crippen molar-refractivity contribution >= 4 is 34.9 Å². The van der Waals surface area contributed by atoms with Crippen LogP contribution < -0.4 is 5.32 Å². The SMILES string of the molecule is O=C(C=Cc1ccncc1)NCc1ccc(Cl)s1. The summed E-state index contributed by atoms with van der Waals surface area (Å²) in [5.74, 6) is -0.128. The number of thiophene rings is 1. The largest absolute Gasteiger partial charge is 0.348 e. The molecule has 0 saturated heterocycles. The Labute approximate surface area is 114 Å². The molecule has 5 heteroatoms. The third kappa shape index (κ3) is 3.98. The average molecular weight is 279 g/mol. The van der Waals surface area contributed by atoms with E-state index in [1.807, 2.05) is 24.3 Å². The van der Waals surface area contributed by atoms with Gasteiger partial charge in [-0.3, -0.25) is 9.78 Å². The monoisotopic (exact) mass is 278 g/mol. The van der Waals surface area contributed by atoms with Crippen molar-refractivity contribution in [3.05, 3.63) is 57.5 Å². The zero-order chi connectivity index (χ0) is 12.8. The van der Waals surface area contributed by atoms with Gasteiger partial charge in [-0.25, -0.2) is 0 Å². The molecular weight excluding hydrogens is 268 g/mol. The Bertz CT molecular complexity index is 551. The van der Waals surface area contributed by atoms with Gasteiger partial charge in [-0.2, -0.15) is 0 Å². The third-order valence-electron chi connectivity index (χ3n) is 2.20. The van der Waals surface area contributed by atoms with Crippen LogP contribution in [0.15, 0.2) is 42.7 Å². The Morgan fingerprint density at radius 3 is 2.78 bits per heavy atom. The first-order chi connectivity index (χ1) is 8.74. The molecule has 0 aliphatic carbocycles. The van der Waals surface area contributed by atoms with Gasteiger partial charge in [0.05, 0.1) is 10.9 Å². The molecule has 0 fully saturated rings. The molecule has 0 aliphatic rings. The van der Waals surface area contributed by atoms with Crippen LogP contribution in [0.4, 0.5) is 0 Å². The molecule has 0 unspecified atom stereocenters. The smallest absolute Gasteiger partial charge is 0.244 e. The van der Waals surface area contributed by atoms with Crippen LogP contribution >= 0.6 is 22.9 Å². The summed E-state index contributed by atoms with van der Waals surface area (Å²) in [5.41, 5.74) is 0.944. The second-order valence-corrected chi connectivity index (χ2v) is 5.34. The lowest BCUT2D eigenvalue weighted by Gasteiger charge is -1.98. The summed E-state index contributed by atoms with van der Waals surface area (Å²) in [4.78, 5) is 16.5. The molecule has 0 atom stereocenters. The first-order valence-corrected chi connectivity index (χ1v) is 6.53. The lowest BCUT2D eigenvalue weighted by atomic mass is 10.2. The standard InChI is InChI=1S/C13H11ClN2OS/c14-12-3-2-11(18-12)9-16-13(17)4-1-10-5-7-15-8-6-10/h1-8H,9H2,(H,16,17). The summed E-state index contributed by atoms with van der Waals surface area (Å²) in [5, 5.41) is 2.79. The summed E-state index contributed by atoms with van der Waals surface area (Å²) in [6.07, 6.45) is 6.62. The zero-order valence-electron chi connectivity index (χ0n) is 9.47. The first-order valence-electron chi connectivity index (χ1n) is 5.34. The maximum Gasteiger partial charge on any atom is 0.244 e. The molecule has 18 heavy (non-hydrogen) atoms. The fraction of sp³-hybridized carbons (Fsp3) is 0.0769. The number of aromatic nitrogens is 1. The normalized spacial score (nSPS) is 10.7. The molecule has 0 aliphatic heterocycles. The number of amides is 1. The van der Waals surface area contributed by atoms with E-state index < -0.39 is 0 Å². The van der Waals surface area contributed by atoms with Crippen molar-refractivity contribution in [1.82, 2.24) is 10.3 Å². The highest BCUT2D eigenvalue weighted by Gasteiger charge is 1.99. The van der Waals surface area contributed by atoms with Gasteiger partial charge in [0.2, 0.25) is 5.91 Å². The van der Waals surface area contributed by atoms with Gasteiger partial charge in [-0.15, -0.1) is 11.3 Å². The predicted molar refractivity (Wildman–Crippen MR) is 74.4 cm³/mol. The molecule has 2 aromatic heterocycles. The van der Waals surface area contributed by atoms with E-state index in [1.165, 1.54) is 17.4 Å². The van der Waals surface area contributed by atoms with Gasteiger partial charge in [0.15, 0.2) is 0 Å². The van der Waals surface area contributed by atoms with Gasteiger partial charge < -0.3 is 5.32 Å². The fourth-order valence-corrected chi connectivity index (χ4v) is 2.35. The van der Waals surface area contributed by atoms with Gasteiger partial charge in [0.25, 0.3) is 0 Å². The topological polar surface area (TPSA) is 42.0 Å². The molecule has 2 aromatic rings. The van der Waals surface area contributed by atoms with E-state index in [0.717, 1.165) is 14.8 Å². The lowest BCUT2D eigenvalue weighted by Crippen LogP contribution is -2.19. The minimum atomic E-state index is -0.128. The number of rotatable bonds is 4. The molecule has 0 bridgehead atoms. The molecule has 0 radical (unpaired) electrons. The molecule has 0 spiro atoms. The Balaban J connectivity index is 1.84. The second-order valence-electron chi connectivity index (χ2n) is 3.54. The van der Waals surface area contributed by atoms with Crippen LogP contribution in [0.25, 0.3) is 6.08 Å². The molecule has 2 heterocycles. The summed E-state index contributed by atoms with van der Waals surface area (Å²) in [6.45, 7) is 0.497. The van der Waals surface area contributed by atoms with Crippen molar-refractivity contribution in [2.45, 2.75) is 6.54 Å². The number of hydrogen-bond donors (Lipinski definition) is 1. The molecular formula is C13H11ClN2OS. The van der Waals surface area contributed by atoms with Gasteiger partial charge in [0, 0.05) is 23.3 Å². The minimum Gasteiger partial charge on any atom is -0.348 e. The maximum atomic E-state index is 11.6. The highest BCUT2D eigenvalue weighted by atomic mass is 35.5. The Kier molecular flexibility index (Phi) is 4.50. The van der Waals surface area contributed by atoms with Crippen LogP contribution in [0.1, 0.15) is 10.4 Å². The van der Waals surface area contributed by atoms with E-state index in [1.54, 1.807) is 18.5 Å².